The van der Waals surface area contributed by atoms with Crippen LogP contribution >= 0.6 is 0 Å². The third kappa shape index (κ3) is 5.35. The average Bonchev–Trinajstić information content (AvgIpc) is 2.90. The zero-order valence-corrected chi connectivity index (χ0v) is 9.59. The molecule has 1 amide bonds. The van der Waals surface area contributed by atoms with E-state index < -0.39 is 12.1 Å². The molecule has 1 saturated carbocycles. The van der Waals surface area contributed by atoms with Crippen molar-refractivity contribution < 1.29 is 27.9 Å². The average molecular weight is 268 g/mol. The molecule has 0 radical (unpaired) electrons. The summed E-state index contributed by atoms with van der Waals surface area (Å²) in [6.45, 7) is 1.00. The molecule has 8 heteroatoms. The summed E-state index contributed by atoms with van der Waals surface area (Å²) in [5, 5.41) is 13.3. The van der Waals surface area contributed by atoms with Crippen LogP contribution in [0.15, 0.2) is 0 Å². The number of alkyl halides is 3. The maximum absolute atomic E-state index is 11.3. The molecule has 5 nitrogen and oxygen atoms in total. The number of hydrogen-bond acceptors (Lipinski definition) is 3. The summed E-state index contributed by atoms with van der Waals surface area (Å²) in [6, 6.07) is 0.612. The number of halogens is 3. The standard InChI is InChI=1S/C8H14N2O.C2HF3O2/c11-8(10-6-3-4-6)7-2-1-5-9-7;3-2(4,5)1(6)7/h6-7,9H,1-5H2,(H,10,11);(H,6,7)/t7-;/m0./s1. The first-order valence-electron chi connectivity index (χ1n) is 5.64. The van der Waals surface area contributed by atoms with Crippen molar-refractivity contribution in [2.24, 2.45) is 0 Å². The molecule has 18 heavy (non-hydrogen) atoms. The van der Waals surface area contributed by atoms with E-state index in [2.05, 4.69) is 10.6 Å². The van der Waals surface area contributed by atoms with Crippen molar-refractivity contribution in [1.29, 1.82) is 0 Å². The van der Waals surface area contributed by atoms with Gasteiger partial charge in [-0.15, -0.1) is 0 Å². The van der Waals surface area contributed by atoms with Crippen LogP contribution in [0, 0.1) is 0 Å². The van der Waals surface area contributed by atoms with Crippen LogP contribution in [-0.4, -0.2) is 41.8 Å². The van der Waals surface area contributed by atoms with Gasteiger partial charge >= 0.3 is 12.1 Å². The van der Waals surface area contributed by atoms with Crippen molar-refractivity contribution in [1.82, 2.24) is 10.6 Å². The molecule has 1 heterocycles. The second-order valence-corrected chi connectivity index (χ2v) is 4.23. The Morgan fingerprint density at radius 3 is 2.11 bits per heavy atom. The highest BCUT2D eigenvalue weighted by Crippen LogP contribution is 2.19. The van der Waals surface area contributed by atoms with E-state index in [1.807, 2.05) is 0 Å². The van der Waals surface area contributed by atoms with Gasteiger partial charge in [-0.05, 0) is 32.2 Å². The minimum atomic E-state index is -5.08. The third-order valence-electron chi connectivity index (χ3n) is 2.54. The number of carbonyl (C=O) groups excluding carboxylic acids is 1. The molecule has 2 fully saturated rings. The van der Waals surface area contributed by atoms with Crippen LogP contribution in [0.2, 0.25) is 0 Å². The molecular weight excluding hydrogens is 253 g/mol. The molecule has 0 aromatic heterocycles. The lowest BCUT2D eigenvalue weighted by Gasteiger charge is -2.09. The zero-order valence-electron chi connectivity index (χ0n) is 9.59. The lowest BCUT2D eigenvalue weighted by Crippen LogP contribution is -2.41. The van der Waals surface area contributed by atoms with E-state index in [1.165, 1.54) is 12.8 Å². The largest absolute Gasteiger partial charge is 0.490 e. The molecule has 1 aliphatic heterocycles. The molecule has 0 aromatic rings. The Morgan fingerprint density at radius 2 is 1.78 bits per heavy atom. The highest BCUT2D eigenvalue weighted by atomic mass is 19.4. The van der Waals surface area contributed by atoms with E-state index in [-0.39, 0.29) is 11.9 Å². The summed E-state index contributed by atoms with van der Waals surface area (Å²) in [5.74, 6) is -2.54. The normalized spacial score (nSPS) is 22.9. The van der Waals surface area contributed by atoms with E-state index in [4.69, 9.17) is 9.90 Å². The highest BCUT2D eigenvalue weighted by Gasteiger charge is 2.38. The number of aliphatic carboxylic acids is 1. The van der Waals surface area contributed by atoms with Gasteiger partial charge in [-0.1, -0.05) is 0 Å². The van der Waals surface area contributed by atoms with E-state index >= 15 is 0 Å². The molecule has 0 spiro atoms. The quantitative estimate of drug-likeness (QED) is 0.687. The molecule has 1 saturated heterocycles. The maximum atomic E-state index is 11.3. The number of carbonyl (C=O) groups is 2. The Hall–Kier alpha value is -1.31. The van der Waals surface area contributed by atoms with Gasteiger partial charge in [-0.25, -0.2) is 4.79 Å². The maximum Gasteiger partial charge on any atom is 0.490 e. The predicted molar refractivity (Wildman–Crippen MR) is 55.9 cm³/mol. The van der Waals surface area contributed by atoms with Gasteiger partial charge in [-0.2, -0.15) is 13.2 Å². The van der Waals surface area contributed by atoms with E-state index in [9.17, 15) is 18.0 Å². The molecule has 1 aliphatic carbocycles. The first-order valence-corrected chi connectivity index (χ1v) is 5.64. The summed E-state index contributed by atoms with van der Waals surface area (Å²) in [7, 11) is 0. The summed E-state index contributed by atoms with van der Waals surface area (Å²) < 4.78 is 31.7. The zero-order chi connectivity index (χ0) is 13.8. The lowest BCUT2D eigenvalue weighted by molar-refractivity contribution is -0.192. The third-order valence-corrected chi connectivity index (χ3v) is 2.54. The summed E-state index contributed by atoms with van der Waals surface area (Å²) in [5.41, 5.74) is 0. The molecule has 2 aliphatic rings. The highest BCUT2D eigenvalue weighted by molar-refractivity contribution is 5.82. The number of carboxylic acids is 1. The molecule has 104 valence electrons. The Morgan fingerprint density at radius 1 is 1.22 bits per heavy atom. The molecule has 2 rings (SSSR count). The first kappa shape index (κ1) is 14.7. The Kier molecular flexibility index (Phi) is 4.94. The number of amides is 1. The predicted octanol–water partition coefficient (Wildman–Crippen LogP) is 0.650. The second-order valence-electron chi connectivity index (χ2n) is 4.23. The van der Waals surface area contributed by atoms with Crippen molar-refractivity contribution in [2.45, 2.75) is 43.9 Å². The van der Waals surface area contributed by atoms with E-state index in [0.717, 1.165) is 19.4 Å². The second kappa shape index (κ2) is 6.03. The van der Waals surface area contributed by atoms with Crippen molar-refractivity contribution in [3.8, 4) is 0 Å². The van der Waals surface area contributed by atoms with Crippen LogP contribution in [0.25, 0.3) is 0 Å². The first-order chi connectivity index (χ1) is 8.30. The monoisotopic (exact) mass is 268 g/mol. The van der Waals surface area contributed by atoms with Gasteiger partial charge in [0.2, 0.25) is 5.91 Å². The molecule has 0 unspecified atom stereocenters. The van der Waals surface area contributed by atoms with Crippen molar-refractivity contribution >= 4 is 11.9 Å². The van der Waals surface area contributed by atoms with Crippen LogP contribution in [0.1, 0.15) is 25.7 Å². The number of carboxylic acid groups (broad SMARTS) is 1. The Labute approximate surface area is 102 Å². The van der Waals surface area contributed by atoms with Crippen molar-refractivity contribution in [3.05, 3.63) is 0 Å². The van der Waals surface area contributed by atoms with Gasteiger partial charge in [0.25, 0.3) is 0 Å². The van der Waals surface area contributed by atoms with Gasteiger partial charge in [0.05, 0.1) is 6.04 Å². The van der Waals surface area contributed by atoms with E-state index in [0.29, 0.717) is 6.04 Å². The SMILES string of the molecule is O=C(NC1CC1)[C@@H]1CCCN1.O=C(O)C(F)(F)F. The molecule has 3 N–H and O–H groups in total. The number of rotatable bonds is 2. The van der Waals surface area contributed by atoms with Gasteiger partial charge in [0, 0.05) is 6.04 Å². The smallest absolute Gasteiger partial charge is 0.475 e. The minimum Gasteiger partial charge on any atom is -0.475 e. The van der Waals surface area contributed by atoms with Crippen LogP contribution < -0.4 is 10.6 Å². The van der Waals surface area contributed by atoms with Crippen molar-refractivity contribution in [3.63, 3.8) is 0 Å². The van der Waals surface area contributed by atoms with Crippen LogP contribution in [-0.2, 0) is 9.59 Å². The number of nitrogens with one attached hydrogen (secondary N) is 2. The topological polar surface area (TPSA) is 78.4 Å². The van der Waals surface area contributed by atoms with Gasteiger partial charge in [0.15, 0.2) is 0 Å². The van der Waals surface area contributed by atoms with Crippen molar-refractivity contribution in [2.75, 3.05) is 6.54 Å². The summed E-state index contributed by atoms with van der Waals surface area (Å²) in [4.78, 5) is 20.2. The molecule has 0 aromatic carbocycles. The number of hydrogen-bond donors (Lipinski definition) is 3. The fourth-order valence-electron chi connectivity index (χ4n) is 1.44. The van der Waals surface area contributed by atoms with E-state index in [1.54, 1.807) is 0 Å². The molecular formula is C10H15F3N2O3. The fraction of sp³-hybridized carbons (Fsp3) is 0.800. The summed E-state index contributed by atoms with van der Waals surface area (Å²) >= 11 is 0. The molecule has 0 bridgehead atoms. The lowest BCUT2D eigenvalue weighted by atomic mass is 10.2. The van der Waals surface area contributed by atoms with Gasteiger partial charge in [0.1, 0.15) is 0 Å². The van der Waals surface area contributed by atoms with Crippen LogP contribution in [0.3, 0.4) is 0 Å². The Bertz CT molecular complexity index is 310. The van der Waals surface area contributed by atoms with Crippen LogP contribution in [0.4, 0.5) is 13.2 Å². The fourth-order valence-corrected chi connectivity index (χ4v) is 1.44. The Balaban J connectivity index is 0.000000203. The summed E-state index contributed by atoms with van der Waals surface area (Å²) in [6.07, 6.45) is -0.571. The minimum absolute atomic E-state index is 0.107. The van der Waals surface area contributed by atoms with Gasteiger partial charge < -0.3 is 15.7 Å². The molecule has 1 atom stereocenters. The van der Waals surface area contributed by atoms with Gasteiger partial charge in [-0.3, -0.25) is 4.79 Å². The van der Waals surface area contributed by atoms with Crippen LogP contribution in [0.5, 0.6) is 0 Å².